The van der Waals surface area contributed by atoms with Gasteiger partial charge < -0.3 is 10.6 Å². The van der Waals surface area contributed by atoms with E-state index in [1.807, 2.05) is 6.92 Å². The molecule has 2 atom stereocenters. The monoisotopic (exact) mass is 312 g/mol. The van der Waals surface area contributed by atoms with E-state index in [2.05, 4.69) is 66.8 Å². The van der Waals surface area contributed by atoms with Crippen molar-refractivity contribution in [3.05, 3.63) is 28.2 Å². The Balaban J connectivity index is 2.89. The predicted octanol–water partition coefficient (Wildman–Crippen LogP) is 4.34. The third kappa shape index (κ3) is 3.99. The largest absolute Gasteiger partial charge is 0.371 e. The average Bonchev–Trinajstić information content (AvgIpc) is 2.26. The van der Waals surface area contributed by atoms with Crippen molar-refractivity contribution in [2.45, 2.75) is 46.2 Å². The fourth-order valence-electron chi connectivity index (χ4n) is 2.17. The molecule has 0 heterocycles. The molecule has 1 aromatic rings. The lowest BCUT2D eigenvalue weighted by molar-refractivity contribution is 0.504. The Kier molecular flexibility index (Phi) is 5.67. The normalized spacial score (nSPS) is 14.7. The van der Waals surface area contributed by atoms with Crippen LogP contribution in [0, 0.1) is 5.92 Å². The first kappa shape index (κ1) is 15.5. The molecule has 0 aliphatic carbocycles. The number of nitrogens with two attached hydrogens (primary N) is 1. The number of rotatable bonds is 5. The number of hydrogen-bond acceptors (Lipinski definition) is 2. The van der Waals surface area contributed by atoms with E-state index in [-0.39, 0.29) is 6.04 Å². The minimum atomic E-state index is 0.0775. The molecule has 2 N–H and O–H groups in total. The molecule has 0 bridgehead atoms. The molecule has 0 aliphatic rings. The van der Waals surface area contributed by atoms with Gasteiger partial charge in [-0.2, -0.15) is 0 Å². The van der Waals surface area contributed by atoms with Gasteiger partial charge in [-0.05, 0) is 59.8 Å². The number of halogens is 1. The van der Waals surface area contributed by atoms with Crippen molar-refractivity contribution in [1.29, 1.82) is 0 Å². The second-order valence-electron chi connectivity index (χ2n) is 5.59. The zero-order chi connectivity index (χ0) is 13.9. The first-order valence-electron chi connectivity index (χ1n) is 6.60. The van der Waals surface area contributed by atoms with Crippen LogP contribution in [0.3, 0.4) is 0 Å². The van der Waals surface area contributed by atoms with Crippen molar-refractivity contribution >= 4 is 21.6 Å². The summed E-state index contributed by atoms with van der Waals surface area (Å²) in [6.45, 7) is 8.80. The molecule has 0 radical (unpaired) electrons. The Labute approximate surface area is 120 Å². The molecule has 18 heavy (non-hydrogen) atoms. The van der Waals surface area contributed by atoms with Gasteiger partial charge in [-0.15, -0.1) is 0 Å². The van der Waals surface area contributed by atoms with Crippen LogP contribution in [0.15, 0.2) is 22.7 Å². The summed E-state index contributed by atoms with van der Waals surface area (Å²) in [5.41, 5.74) is 8.29. The van der Waals surface area contributed by atoms with Crippen LogP contribution in [0.1, 0.15) is 45.7 Å². The highest BCUT2D eigenvalue weighted by atomic mass is 79.9. The highest BCUT2D eigenvalue weighted by molar-refractivity contribution is 9.10. The van der Waals surface area contributed by atoms with Gasteiger partial charge in [0.2, 0.25) is 0 Å². The Bertz CT molecular complexity index is 388. The van der Waals surface area contributed by atoms with Crippen LogP contribution in [0.2, 0.25) is 0 Å². The molecule has 1 rings (SSSR count). The number of hydrogen-bond donors (Lipinski definition) is 1. The van der Waals surface area contributed by atoms with Crippen molar-refractivity contribution in [1.82, 2.24) is 0 Å². The van der Waals surface area contributed by atoms with Crippen LogP contribution in [-0.4, -0.2) is 13.1 Å². The van der Waals surface area contributed by atoms with E-state index in [9.17, 15) is 0 Å². The summed E-state index contributed by atoms with van der Waals surface area (Å²) >= 11 is 3.65. The van der Waals surface area contributed by atoms with Crippen molar-refractivity contribution in [2.75, 3.05) is 11.9 Å². The lowest BCUT2D eigenvalue weighted by atomic mass is 10.0. The molecule has 3 heteroatoms. The van der Waals surface area contributed by atoms with Gasteiger partial charge in [-0.1, -0.05) is 19.9 Å². The smallest absolute Gasteiger partial charge is 0.0510 e. The summed E-state index contributed by atoms with van der Waals surface area (Å²) in [7, 11) is 2.15. The first-order valence-corrected chi connectivity index (χ1v) is 7.40. The van der Waals surface area contributed by atoms with Crippen LogP contribution in [-0.2, 0) is 0 Å². The van der Waals surface area contributed by atoms with E-state index in [0.29, 0.717) is 12.0 Å². The topological polar surface area (TPSA) is 29.3 Å². The van der Waals surface area contributed by atoms with Crippen molar-refractivity contribution in [3.63, 3.8) is 0 Å². The summed E-state index contributed by atoms with van der Waals surface area (Å²) in [5, 5.41) is 0. The molecule has 2 nitrogen and oxygen atoms in total. The third-order valence-electron chi connectivity index (χ3n) is 3.35. The van der Waals surface area contributed by atoms with E-state index in [0.717, 1.165) is 10.0 Å². The maximum atomic E-state index is 5.90. The molecular formula is C15H25BrN2. The Hall–Kier alpha value is -0.540. The molecule has 2 unspecified atom stereocenters. The Morgan fingerprint density at radius 2 is 1.83 bits per heavy atom. The van der Waals surface area contributed by atoms with Gasteiger partial charge in [-0.3, -0.25) is 0 Å². The Morgan fingerprint density at radius 3 is 2.28 bits per heavy atom. The summed E-state index contributed by atoms with van der Waals surface area (Å²) in [6, 6.07) is 7.00. The SMILES string of the molecule is CC(C)CC(C)N(C)c1ccc(C(C)N)cc1Br. The predicted molar refractivity (Wildman–Crippen MR) is 84.1 cm³/mol. The van der Waals surface area contributed by atoms with E-state index >= 15 is 0 Å². The maximum Gasteiger partial charge on any atom is 0.0510 e. The third-order valence-corrected chi connectivity index (χ3v) is 3.99. The maximum absolute atomic E-state index is 5.90. The average molecular weight is 313 g/mol. The summed E-state index contributed by atoms with van der Waals surface area (Å²) < 4.78 is 1.12. The van der Waals surface area contributed by atoms with E-state index in [1.165, 1.54) is 12.1 Å². The van der Waals surface area contributed by atoms with Crippen LogP contribution in [0.25, 0.3) is 0 Å². The molecule has 1 aromatic carbocycles. The van der Waals surface area contributed by atoms with E-state index < -0.39 is 0 Å². The molecular weight excluding hydrogens is 288 g/mol. The summed E-state index contributed by atoms with van der Waals surface area (Å²) in [4.78, 5) is 2.33. The molecule has 0 saturated heterocycles. The van der Waals surface area contributed by atoms with Crippen molar-refractivity contribution in [3.8, 4) is 0 Å². The van der Waals surface area contributed by atoms with Gasteiger partial charge >= 0.3 is 0 Å². The zero-order valence-corrected chi connectivity index (χ0v) is 13.7. The van der Waals surface area contributed by atoms with Crippen molar-refractivity contribution < 1.29 is 0 Å². The second kappa shape index (κ2) is 6.58. The van der Waals surface area contributed by atoms with Crippen molar-refractivity contribution in [2.24, 2.45) is 11.7 Å². The zero-order valence-electron chi connectivity index (χ0n) is 12.1. The molecule has 0 aromatic heterocycles. The van der Waals surface area contributed by atoms with Crippen LogP contribution in [0.4, 0.5) is 5.69 Å². The molecule has 0 fully saturated rings. The molecule has 0 spiro atoms. The lowest BCUT2D eigenvalue weighted by Gasteiger charge is -2.29. The second-order valence-corrected chi connectivity index (χ2v) is 6.44. The highest BCUT2D eigenvalue weighted by Crippen LogP contribution is 2.30. The molecule has 0 amide bonds. The minimum absolute atomic E-state index is 0.0775. The quantitative estimate of drug-likeness (QED) is 0.876. The highest BCUT2D eigenvalue weighted by Gasteiger charge is 2.14. The van der Waals surface area contributed by atoms with Crippen LogP contribution < -0.4 is 10.6 Å². The van der Waals surface area contributed by atoms with E-state index in [4.69, 9.17) is 5.73 Å². The minimum Gasteiger partial charge on any atom is -0.371 e. The molecule has 0 saturated carbocycles. The number of benzene rings is 1. The number of nitrogens with zero attached hydrogens (tertiary/aromatic N) is 1. The van der Waals surface area contributed by atoms with Crippen LogP contribution >= 0.6 is 15.9 Å². The van der Waals surface area contributed by atoms with Gasteiger partial charge in [-0.25, -0.2) is 0 Å². The summed E-state index contributed by atoms with van der Waals surface area (Å²) in [6.07, 6.45) is 1.19. The molecule has 0 aliphatic heterocycles. The van der Waals surface area contributed by atoms with Gasteiger partial charge in [0.25, 0.3) is 0 Å². The molecule has 102 valence electrons. The van der Waals surface area contributed by atoms with E-state index in [1.54, 1.807) is 0 Å². The summed E-state index contributed by atoms with van der Waals surface area (Å²) in [5.74, 6) is 0.713. The van der Waals surface area contributed by atoms with Crippen LogP contribution in [0.5, 0.6) is 0 Å². The van der Waals surface area contributed by atoms with Gasteiger partial charge in [0, 0.05) is 23.6 Å². The standard InChI is InChI=1S/C15H25BrN2/c1-10(2)8-11(3)18(5)15-7-6-13(12(4)17)9-14(15)16/h6-7,9-12H,8,17H2,1-5H3. The van der Waals surface area contributed by atoms with Gasteiger partial charge in [0.05, 0.1) is 5.69 Å². The van der Waals surface area contributed by atoms with Gasteiger partial charge in [0.1, 0.15) is 0 Å². The fraction of sp³-hybridized carbons (Fsp3) is 0.600. The Morgan fingerprint density at radius 1 is 1.22 bits per heavy atom. The van der Waals surface area contributed by atoms with Gasteiger partial charge in [0.15, 0.2) is 0 Å². The first-order chi connectivity index (χ1) is 8.32. The lowest BCUT2D eigenvalue weighted by Crippen LogP contribution is -2.30. The fourth-order valence-corrected chi connectivity index (χ4v) is 2.85. The number of anilines is 1.